The summed E-state index contributed by atoms with van der Waals surface area (Å²) in [6.45, 7) is -0.250. The molecule has 2 aromatic rings. The summed E-state index contributed by atoms with van der Waals surface area (Å²) < 4.78 is 0. The molecule has 0 saturated carbocycles. The summed E-state index contributed by atoms with van der Waals surface area (Å²) in [4.78, 5) is 25.7. The number of aromatic amines is 1. The molecule has 0 bridgehead atoms. The standard InChI is InChI=1S/C8H6N2O.CH2O2/c11-8-5-9-6-3-1-2-4-7(6)10-8;2-1-3/h1-5H,(H,10,11);1H,(H,2,3). The molecular weight excluding hydrogens is 184 g/mol. The number of carboxylic acid groups (broad SMARTS) is 1. The largest absolute Gasteiger partial charge is 0.483 e. The van der Waals surface area contributed by atoms with Crippen LogP contribution >= 0.6 is 0 Å². The molecule has 0 atom stereocenters. The zero-order valence-electron chi connectivity index (χ0n) is 7.18. The highest BCUT2D eigenvalue weighted by Gasteiger charge is 1.90. The highest BCUT2D eigenvalue weighted by atomic mass is 16.3. The van der Waals surface area contributed by atoms with Gasteiger partial charge in [0.05, 0.1) is 17.2 Å². The molecule has 5 heteroatoms. The van der Waals surface area contributed by atoms with E-state index >= 15 is 0 Å². The van der Waals surface area contributed by atoms with Crippen LogP contribution in [0, 0.1) is 0 Å². The lowest BCUT2D eigenvalue weighted by Gasteiger charge is -1.92. The SMILES string of the molecule is O=CO.O=c1cnc2ccccc2[nH]1. The van der Waals surface area contributed by atoms with E-state index in [0.717, 1.165) is 11.0 Å². The van der Waals surface area contributed by atoms with Crippen molar-refractivity contribution < 1.29 is 9.90 Å². The number of fused-ring (bicyclic) bond motifs is 1. The van der Waals surface area contributed by atoms with Crippen molar-refractivity contribution in [3.05, 3.63) is 40.8 Å². The molecule has 1 aromatic carbocycles. The van der Waals surface area contributed by atoms with Crippen LogP contribution in [0.1, 0.15) is 0 Å². The number of carbonyl (C=O) groups is 1. The summed E-state index contributed by atoms with van der Waals surface area (Å²) in [7, 11) is 0. The maximum absolute atomic E-state index is 10.8. The number of hydrogen-bond donors (Lipinski definition) is 2. The molecule has 0 amide bonds. The topological polar surface area (TPSA) is 83.0 Å². The first-order valence-electron chi connectivity index (χ1n) is 3.80. The van der Waals surface area contributed by atoms with Crippen molar-refractivity contribution in [1.82, 2.24) is 9.97 Å². The molecule has 2 N–H and O–H groups in total. The van der Waals surface area contributed by atoms with Crippen LogP contribution in [-0.4, -0.2) is 21.5 Å². The van der Waals surface area contributed by atoms with E-state index in [4.69, 9.17) is 9.90 Å². The molecule has 0 spiro atoms. The van der Waals surface area contributed by atoms with Gasteiger partial charge in [-0.05, 0) is 12.1 Å². The van der Waals surface area contributed by atoms with Gasteiger partial charge in [0.2, 0.25) is 0 Å². The van der Waals surface area contributed by atoms with Crippen LogP contribution in [0.15, 0.2) is 35.3 Å². The fourth-order valence-electron chi connectivity index (χ4n) is 0.985. The first kappa shape index (κ1) is 9.91. The zero-order chi connectivity index (χ0) is 10.4. The van der Waals surface area contributed by atoms with E-state index in [0.29, 0.717) is 0 Å². The zero-order valence-corrected chi connectivity index (χ0v) is 7.18. The molecule has 0 saturated heterocycles. The van der Waals surface area contributed by atoms with Gasteiger partial charge in [-0.15, -0.1) is 0 Å². The highest BCUT2D eigenvalue weighted by molar-refractivity contribution is 5.72. The average molecular weight is 192 g/mol. The van der Waals surface area contributed by atoms with Gasteiger partial charge < -0.3 is 10.1 Å². The Labute approximate surface area is 79.0 Å². The molecule has 14 heavy (non-hydrogen) atoms. The Morgan fingerprint density at radius 1 is 1.36 bits per heavy atom. The average Bonchev–Trinajstić information content (AvgIpc) is 2.19. The summed E-state index contributed by atoms with van der Waals surface area (Å²) in [5.74, 6) is 0. The van der Waals surface area contributed by atoms with Crippen molar-refractivity contribution >= 4 is 17.5 Å². The molecule has 0 radical (unpaired) electrons. The predicted molar refractivity (Wildman–Crippen MR) is 51.1 cm³/mol. The third-order valence-electron chi connectivity index (χ3n) is 1.48. The van der Waals surface area contributed by atoms with Crippen molar-refractivity contribution in [1.29, 1.82) is 0 Å². The smallest absolute Gasteiger partial charge is 0.290 e. The molecule has 0 aliphatic carbocycles. The lowest BCUT2D eigenvalue weighted by molar-refractivity contribution is -0.122. The normalized spacial score (nSPS) is 8.86. The summed E-state index contributed by atoms with van der Waals surface area (Å²) in [5.41, 5.74) is 1.43. The summed E-state index contributed by atoms with van der Waals surface area (Å²) >= 11 is 0. The number of nitrogens with zero attached hydrogens (tertiary/aromatic N) is 1. The third-order valence-corrected chi connectivity index (χ3v) is 1.48. The quantitative estimate of drug-likeness (QED) is 0.599. The minimum Gasteiger partial charge on any atom is -0.483 e. The predicted octanol–water partition coefficient (Wildman–Crippen LogP) is 0.624. The second-order valence-electron chi connectivity index (χ2n) is 2.37. The Hall–Kier alpha value is -2.17. The maximum atomic E-state index is 10.8. The van der Waals surface area contributed by atoms with E-state index in [1.54, 1.807) is 0 Å². The first-order chi connectivity index (χ1) is 6.77. The molecule has 1 aromatic heterocycles. The summed E-state index contributed by atoms with van der Waals surface area (Å²) in [6, 6.07) is 7.42. The molecule has 0 unspecified atom stereocenters. The van der Waals surface area contributed by atoms with Gasteiger partial charge in [0.1, 0.15) is 0 Å². The highest BCUT2D eigenvalue weighted by Crippen LogP contribution is 2.02. The fourth-order valence-corrected chi connectivity index (χ4v) is 0.985. The molecule has 0 aliphatic heterocycles. The summed E-state index contributed by atoms with van der Waals surface area (Å²) in [6.07, 6.45) is 1.28. The molecular formula is C9H8N2O3. The molecule has 1 heterocycles. The van der Waals surface area contributed by atoms with Crippen LogP contribution < -0.4 is 5.56 Å². The van der Waals surface area contributed by atoms with Gasteiger partial charge in [-0.25, -0.2) is 4.98 Å². The number of benzene rings is 1. The molecule has 0 fully saturated rings. The minimum atomic E-state index is -0.250. The van der Waals surface area contributed by atoms with E-state index in [1.165, 1.54) is 6.20 Å². The van der Waals surface area contributed by atoms with Crippen molar-refractivity contribution in [2.24, 2.45) is 0 Å². The Bertz CT molecular complexity index is 478. The Kier molecular flexibility index (Phi) is 3.37. The van der Waals surface area contributed by atoms with Gasteiger partial charge in [-0.1, -0.05) is 12.1 Å². The Morgan fingerprint density at radius 2 is 2.00 bits per heavy atom. The Morgan fingerprint density at radius 3 is 2.71 bits per heavy atom. The second kappa shape index (κ2) is 4.76. The number of rotatable bonds is 0. The number of H-pyrrole nitrogens is 1. The van der Waals surface area contributed by atoms with E-state index in [1.807, 2.05) is 24.3 Å². The lowest BCUT2D eigenvalue weighted by atomic mass is 10.3. The number of aromatic nitrogens is 2. The first-order valence-corrected chi connectivity index (χ1v) is 3.80. The number of hydrogen-bond acceptors (Lipinski definition) is 3. The molecule has 2 rings (SSSR count). The van der Waals surface area contributed by atoms with E-state index in [-0.39, 0.29) is 12.0 Å². The molecule has 72 valence electrons. The van der Waals surface area contributed by atoms with Crippen LogP contribution in [0.25, 0.3) is 11.0 Å². The molecule has 0 aliphatic rings. The van der Waals surface area contributed by atoms with Crippen molar-refractivity contribution in [2.45, 2.75) is 0 Å². The minimum absolute atomic E-state index is 0.163. The van der Waals surface area contributed by atoms with E-state index in [9.17, 15) is 4.79 Å². The van der Waals surface area contributed by atoms with E-state index < -0.39 is 0 Å². The molecule has 5 nitrogen and oxygen atoms in total. The van der Waals surface area contributed by atoms with Gasteiger partial charge >= 0.3 is 0 Å². The maximum Gasteiger partial charge on any atom is 0.290 e. The monoisotopic (exact) mass is 192 g/mol. The van der Waals surface area contributed by atoms with Gasteiger partial charge in [0.25, 0.3) is 12.0 Å². The number of nitrogens with one attached hydrogen (secondary N) is 1. The fraction of sp³-hybridized carbons (Fsp3) is 0. The number of para-hydroxylation sites is 2. The third kappa shape index (κ3) is 2.41. The summed E-state index contributed by atoms with van der Waals surface area (Å²) in [5, 5.41) is 6.89. The lowest BCUT2D eigenvalue weighted by Crippen LogP contribution is -2.04. The van der Waals surface area contributed by atoms with Crippen LogP contribution in [0.2, 0.25) is 0 Å². The second-order valence-corrected chi connectivity index (χ2v) is 2.37. The van der Waals surface area contributed by atoms with Gasteiger partial charge in [-0.2, -0.15) is 0 Å². The van der Waals surface area contributed by atoms with Gasteiger partial charge in [0, 0.05) is 0 Å². The van der Waals surface area contributed by atoms with Crippen molar-refractivity contribution in [3.63, 3.8) is 0 Å². The Balaban J connectivity index is 0.000000293. The van der Waals surface area contributed by atoms with Crippen LogP contribution in [-0.2, 0) is 4.79 Å². The van der Waals surface area contributed by atoms with E-state index in [2.05, 4.69) is 9.97 Å². The van der Waals surface area contributed by atoms with Crippen LogP contribution in [0.3, 0.4) is 0 Å². The van der Waals surface area contributed by atoms with Crippen molar-refractivity contribution in [3.8, 4) is 0 Å². The van der Waals surface area contributed by atoms with Crippen LogP contribution in [0.4, 0.5) is 0 Å². The van der Waals surface area contributed by atoms with Crippen LogP contribution in [0.5, 0.6) is 0 Å². The van der Waals surface area contributed by atoms with Gasteiger partial charge in [0.15, 0.2) is 0 Å². The van der Waals surface area contributed by atoms with Crippen molar-refractivity contribution in [2.75, 3.05) is 0 Å². The van der Waals surface area contributed by atoms with Gasteiger partial charge in [-0.3, -0.25) is 9.59 Å².